The molecule has 0 aromatic carbocycles. The lowest BCUT2D eigenvalue weighted by Crippen LogP contribution is -2.26. The first-order valence-electron chi connectivity index (χ1n) is 6.58. The summed E-state index contributed by atoms with van der Waals surface area (Å²) in [5.74, 6) is -1.13. The Kier molecular flexibility index (Phi) is 5.33. The molecule has 6 heteroatoms. The molecule has 1 heterocycles. The molecule has 1 aromatic heterocycles. The van der Waals surface area contributed by atoms with Crippen molar-refractivity contribution < 1.29 is 15.0 Å². The number of carbonyl (C=O) groups is 1. The van der Waals surface area contributed by atoms with Crippen LogP contribution >= 0.6 is 0 Å². The maximum Gasteiger partial charge on any atom is 0.304 e. The van der Waals surface area contributed by atoms with E-state index in [0.717, 1.165) is 5.69 Å². The topological polar surface area (TPSA) is 82.8 Å². The van der Waals surface area contributed by atoms with Crippen molar-refractivity contribution in [2.75, 3.05) is 13.6 Å². The van der Waals surface area contributed by atoms with E-state index in [0.29, 0.717) is 18.8 Å². The Hall–Kier alpha value is -1.82. The zero-order valence-corrected chi connectivity index (χ0v) is 12.4. The molecular formula is C14H22N2O4. The molecule has 112 valence electrons. The number of aromatic hydroxyl groups is 1. The predicted octanol–water partition coefficient (Wildman–Crippen LogP) is 1.35. The van der Waals surface area contributed by atoms with Gasteiger partial charge in [0, 0.05) is 30.9 Å². The lowest BCUT2D eigenvalue weighted by molar-refractivity contribution is -0.137. The molecule has 0 spiro atoms. The van der Waals surface area contributed by atoms with Crippen LogP contribution in [0.4, 0.5) is 0 Å². The number of rotatable bonds is 6. The molecule has 0 bridgehead atoms. The van der Waals surface area contributed by atoms with E-state index in [-0.39, 0.29) is 18.2 Å². The highest BCUT2D eigenvalue weighted by Crippen LogP contribution is 2.20. The zero-order chi connectivity index (χ0) is 15.4. The minimum atomic E-state index is -0.869. The number of nitrogens with zero attached hydrogens (tertiary/aromatic N) is 2. The Morgan fingerprint density at radius 2 is 2.05 bits per heavy atom. The molecule has 0 aliphatic heterocycles. The number of carboxylic acid groups (broad SMARTS) is 1. The molecule has 6 nitrogen and oxygen atoms in total. The van der Waals surface area contributed by atoms with Gasteiger partial charge in [-0.25, -0.2) is 0 Å². The number of hydrogen-bond donors (Lipinski definition) is 2. The minimum absolute atomic E-state index is 0.0228. The molecule has 0 unspecified atom stereocenters. The van der Waals surface area contributed by atoms with E-state index < -0.39 is 11.4 Å². The van der Waals surface area contributed by atoms with Gasteiger partial charge in [-0.05, 0) is 27.8 Å². The molecule has 0 amide bonds. The molecule has 1 aromatic rings. The molecule has 0 radical (unpaired) electrons. The predicted molar refractivity (Wildman–Crippen MR) is 76.1 cm³/mol. The van der Waals surface area contributed by atoms with E-state index in [2.05, 4.69) is 0 Å². The quantitative estimate of drug-likeness (QED) is 0.823. The average Bonchev–Trinajstić information content (AvgIpc) is 2.32. The summed E-state index contributed by atoms with van der Waals surface area (Å²) in [6.45, 7) is 6.44. The van der Waals surface area contributed by atoms with Gasteiger partial charge in [-0.15, -0.1) is 0 Å². The fourth-order valence-electron chi connectivity index (χ4n) is 2.29. The second-order valence-electron chi connectivity index (χ2n) is 5.29. The third-order valence-corrected chi connectivity index (χ3v) is 3.16. The summed E-state index contributed by atoms with van der Waals surface area (Å²) in [7, 11) is 1.76. The molecule has 0 fully saturated rings. The third-order valence-electron chi connectivity index (χ3n) is 3.16. The lowest BCUT2D eigenvalue weighted by Gasteiger charge is -2.24. The van der Waals surface area contributed by atoms with Gasteiger partial charge in [0.25, 0.3) is 0 Å². The van der Waals surface area contributed by atoms with Gasteiger partial charge in [-0.3, -0.25) is 14.5 Å². The summed E-state index contributed by atoms with van der Waals surface area (Å²) >= 11 is 0. The summed E-state index contributed by atoms with van der Waals surface area (Å²) in [6, 6.07) is 1.51. The van der Waals surface area contributed by atoms with Crippen LogP contribution in [-0.2, 0) is 11.3 Å². The Morgan fingerprint density at radius 1 is 1.45 bits per heavy atom. The second kappa shape index (κ2) is 6.56. The van der Waals surface area contributed by atoms with Crippen molar-refractivity contribution in [3.8, 4) is 5.75 Å². The van der Waals surface area contributed by atoms with E-state index in [9.17, 15) is 14.7 Å². The van der Waals surface area contributed by atoms with Gasteiger partial charge in [0.1, 0.15) is 0 Å². The highest BCUT2D eigenvalue weighted by atomic mass is 16.4. The molecule has 0 aliphatic rings. The van der Waals surface area contributed by atoms with E-state index >= 15 is 0 Å². The van der Waals surface area contributed by atoms with Crippen LogP contribution in [0.2, 0.25) is 0 Å². The van der Waals surface area contributed by atoms with Gasteiger partial charge < -0.3 is 14.8 Å². The van der Waals surface area contributed by atoms with Gasteiger partial charge in [0.05, 0.1) is 12.1 Å². The standard InChI is InChI=1S/C14H22N2O4/c1-9(2)16-10(3)7-12(17)14(20)11(16)8-15(4)6-5-13(18)19/h7,9,20H,5-6,8H2,1-4H3,(H,18,19). The number of aryl methyl sites for hydroxylation is 1. The monoisotopic (exact) mass is 282 g/mol. The van der Waals surface area contributed by atoms with Gasteiger partial charge >= 0.3 is 5.97 Å². The highest BCUT2D eigenvalue weighted by molar-refractivity contribution is 5.66. The molecule has 0 atom stereocenters. The molecule has 1 rings (SSSR count). The molecule has 0 saturated carbocycles. The normalized spacial score (nSPS) is 11.3. The second-order valence-corrected chi connectivity index (χ2v) is 5.29. The maximum atomic E-state index is 11.7. The summed E-state index contributed by atoms with van der Waals surface area (Å²) < 4.78 is 1.90. The number of aromatic nitrogens is 1. The van der Waals surface area contributed by atoms with E-state index in [1.54, 1.807) is 11.9 Å². The largest absolute Gasteiger partial charge is 0.503 e. The number of carboxylic acids is 1. The van der Waals surface area contributed by atoms with Crippen molar-refractivity contribution in [2.45, 2.75) is 39.8 Å². The lowest BCUT2D eigenvalue weighted by atomic mass is 10.2. The SMILES string of the molecule is Cc1cc(=O)c(O)c(CN(C)CCC(=O)O)n1C(C)C. The van der Waals surface area contributed by atoms with Crippen molar-refractivity contribution in [1.82, 2.24) is 9.47 Å². The number of hydrogen-bond acceptors (Lipinski definition) is 4. The smallest absolute Gasteiger partial charge is 0.304 e. The van der Waals surface area contributed by atoms with E-state index in [1.807, 2.05) is 25.3 Å². The van der Waals surface area contributed by atoms with E-state index in [4.69, 9.17) is 5.11 Å². The van der Waals surface area contributed by atoms with Crippen LogP contribution < -0.4 is 5.43 Å². The first kappa shape index (κ1) is 16.2. The van der Waals surface area contributed by atoms with Crippen LogP contribution in [-0.4, -0.2) is 39.2 Å². The maximum absolute atomic E-state index is 11.7. The molecule has 0 saturated heterocycles. The Morgan fingerprint density at radius 3 is 2.55 bits per heavy atom. The summed E-state index contributed by atoms with van der Waals surface area (Å²) in [6.07, 6.45) is 0.0228. The minimum Gasteiger partial charge on any atom is -0.503 e. The average molecular weight is 282 g/mol. The first-order chi connectivity index (χ1) is 9.23. The Labute approximate surface area is 118 Å². The summed E-state index contributed by atoms with van der Waals surface area (Å²) in [5.41, 5.74) is 0.906. The number of aliphatic carboxylic acids is 1. The van der Waals surface area contributed by atoms with Gasteiger partial charge in [-0.1, -0.05) is 0 Å². The van der Waals surface area contributed by atoms with Crippen LogP contribution in [0.1, 0.15) is 37.7 Å². The van der Waals surface area contributed by atoms with Crippen LogP contribution in [0.25, 0.3) is 0 Å². The van der Waals surface area contributed by atoms with Crippen molar-refractivity contribution in [3.05, 3.63) is 27.7 Å². The molecule has 20 heavy (non-hydrogen) atoms. The highest BCUT2D eigenvalue weighted by Gasteiger charge is 2.17. The fraction of sp³-hybridized carbons (Fsp3) is 0.571. The third kappa shape index (κ3) is 3.84. The van der Waals surface area contributed by atoms with Crippen LogP contribution in [0.15, 0.2) is 10.9 Å². The first-order valence-corrected chi connectivity index (χ1v) is 6.58. The van der Waals surface area contributed by atoms with Crippen molar-refractivity contribution >= 4 is 5.97 Å². The fourth-order valence-corrected chi connectivity index (χ4v) is 2.29. The van der Waals surface area contributed by atoms with Gasteiger partial charge in [-0.2, -0.15) is 0 Å². The Balaban J connectivity index is 3.09. The Bertz CT molecular complexity index is 549. The zero-order valence-electron chi connectivity index (χ0n) is 12.4. The molecular weight excluding hydrogens is 260 g/mol. The van der Waals surface area contributed by atoms with Crippen molar-refractivity contribution in [1.29, 1.82) is 0 Å². The van der Waals surface area contributed by atoms with Crippen molar-refractivity contribution in [2.24, 2.45) is 0 Å². The van der Waals surface area contributed by atoms with Crippen molar-refractivity contribution in [3.63, 3.8) is 0 Å². The van der Waals surface area contributed by atoms with Crippen LogP contribution in [0.5, 0.6) is 5.75 Å². The molecule has 2 N–H and O–H groups in total. The van der Waals surface area contributed by atoms with Crippen LogP contribution in [0, 0.1) is 6.92 Å². The van der Waals surface area contributed by atoms with Gasteiger partial charge in [0.15, 0.2) is 5.75 Å². The van der Waals surface area contributed by atoms with Gasteiger partial charge in [0.2, 0.25) is 5.43 Å². The molecule has 0 aliphatic carbocycles. The summed E-state index contributed by atoms with van der Waals surface area (Å²) in [4.78, 5) is 24.1. The summed E-state index contributed by atoms with van der Waals surface area (Å²) in [5, 5.41) is 18.7. The number of pyridine rings is 1. The van der Waals surface area contributed by atoms with Crippen LogP contribution in [0.3, 0.4) is 0 Å². The van der Waals surface area contributed by atoms with E-state index in [1.165, 1.54) is 6.07 Å².